The highest BCUT2D eigenvalue weighted by Gasteiger charge is 2.16. The van der Waals surface area contributed by atoms with Crippen molar-refractivity contribution in [2.45, 2.75) is 32.6 Å². The van der Waals surface area contributed by atoms with Gasteiger partial charge in [0.2, 0.25) is 0 Å². The molecule has 0 unspecified atom stereocenters. The first kappa shape index (κ1) is 8.75. The van der Waals surface area contributed by atoms with E-state index in [4.69, 9.17) is 4.42 Å². The molecule has 1 aliphatic heterocycles. The molecule has 0 fully saturated rings. The summed E-state index contributed by atoms with van der Waals surface area (Å²) in [5, 5.41) is 3.33. The quantitative estimate of drug-likeness (QED) is 0.711. The second-order valence-electron chi connectivity index (χ2n) is 3.83. The minimum absolute atomic E-state index is 0.403. The SMILES string of the molecule is CC(C)c1nc2c(o1)CCNCC2. The molecule has 0 amide bonds. The van der Waals surface area contributed by atoms with Gasteiger partial charge in [-0.2, -0.15) is 0 Å². The molecule has 0 spiro atoms. The van der Waals surface area contributed by atoms with Crippen molar-refractivity contribution in [1.82, 2.24) is 10.3 Å². The lowest BCUT2D eigenvalue weighted by atomic mass is 10.2. The fourth-order valence-electron chi connectivity index (χ4n) is 1.57. The maximum absolute atomic E-state index is 5.70. The van der Waals surface area contributed by atoms with Crippen LogP contribution >= 0.6 is 0 Å². The molecule has 0 bridgehead atoms. The van der Waals surface area contributed by atoms with Gasteiger partial charge in [0, 0.05) is 31.8 Å². The molecule has 0 aromatic carbocycles. The molecule has 2 rings (SSSR count). The van der Waals surface area contributed by atoms with E-state index < -0.39 is 0 Å². The Morgan fingerprint density at radius 1 is 1.31 bits per heavy atom. The monoisotopic (exact) mass is 180 g/mol. The van der Waals surface area contributed by atoms with Gasteiger partial charge in [-0.05, 0) is 0 Å². The van der Waals surface area contributed by atoms with Crippen LogP contribution in [0.15, 0.2) is 4.42 Å². The van der Waals surface area contributed by atoms with Crippen LogP contribution in [-0.2, 0) is 12.8 Å². The lowest BCUT2D eigenvalue weighted by Gasteiger charge is -1.98. The van der Waals surface area contributed by atoms with Crippen molar-refractivity contribution < 1.29 is 4.42 Å². The Labute approximate surface area is 78.5 Å². The zero-order valence-electron chi connectivity index (χ0n) is 8.26. The molecule has 0 saturated carbocycles. The van der Waals surface area contributed by atoms with Crippen molar-refractivity contribution >= 4 is 0 Å². The predicted octanol–water partition coefficient (Wildman–Crippen LogP) is 1.49. The Kier molecular flexibility index (Phi) is 2.36. The van der Waals surface area contributed by atoms with Gasteiger partial charge in [-0.25, -0.2) is 4.98 Å². The molecular weight excluding hydrogens is 164 g/mol. The van der Waals surface area contributed by atoms with E-state index in [0.717, 1.165) is 43.3 Å². The maximum atomic E-state index is 5.70. The molecule has 1 aliphatic rings. The average molecular weight is 180 g/mol. The van der Waals surface area contributed by atoms with Crippen LogP contribution < -0.4 is 5.32 Å². The number of fused-ring (bicyclic) bond motifs is 1. The highest BCUT2D eigenvalue weighted by molar-refractivity contribution is 5.13. The van der Waals surface area contributed by atoms with Gasteiger partial charge in [0.1, 0.15) is 5.76 Å². The van der Waals surface area contributed by atoms with Crippen LogP contribution in [0.1, 0.15) is 37.1 Å². The smallest absolute Gasteiger partial charge is 0.197 e. The maximum Gasteiger partial charge on any atom is 0.197 e. The van der Waals surface area contributed by atoms with E-state index >= 15 is 0 Å². The highest BCUT2D eigenvalue weighted by Crippen LogP contribution is 2.19. The fourth-order valence-corrected chi connectivity index (χ4v) is 1.57. The molecule has 1 aromatic heterocycles. The number of hydrogen-bond donors (Lipinski definition) is 1. The topological polar surface area (TPSA) is 38.1 Å². The Morgan fingerprint density at radius 3 is 2.85 bits per heavy atom. The van der Waals surface area contributed by atoms with Crippen molar-refractivity contribution in [1.29, 1.82) is 0 Å². The lowest BCUT2D eigenvalue weighted by Crippen LogP contribution is -2.16. The molecule has 3 nitrogen and oxygen atoms in total. The van der Waals surface area contributed by atoms with E-state index in [1.807, 2.05) is 0 Å². The lowest BCUT2D eigenvalue weighted by molar-refractivity contribution is 0.434. The zero-order chi connectivity index (χ0) is 9.26. The molecule has 0 saturated heterocycles. The summed E-state index contributed by atoms with van der Waals surface area (Å²) in [5.41, 5.74) is 1.16. The molecule has 1 N–H and O–H groups in total. The number of rotatable bonds is 1. The molecular formula is C10H16N2O. The Bertz CT molecular complexity index is 268. The third-order valence-electron chi connectivity index (χ3n) is 2.36. The summed E-state index contributed by atoms with van der Waals surface area (Å²) in [6.45, 7) is 6.27. The van der Waals surface area contributed by atoms with Crippen LogP contribution in [-0.4, -0.2) is 18.1 Å². The van der Waals surface area contributed by atoms with E-state index in [1.54, 1.807) is 0 Å². The first-order chi connectivity index (χ1) is 6.27. The number of aromatic nitrogens is 1. The number of oxazole rings is 1. The van der Waals surface area contributed by atoms with Gasteiger partial charge >= 0.3 is 0 Å². The minimum Gasteiger partial charge on any atom is -0.445 e. The van der Waals surface area contributed by atoms with Gasteiger partial charge in [-0.15, -0.1) is 0 Å². The third kappa shape index (κ3) is 1.75. The summed E-state index contributed by atoms with van der Waals surface area (Å²) in [6.07, 6.45) is 1.99. The van der Waals surface area contributed by atoms with E-state index in [9.17, 15) is 0 Å². The summed E-state index contributed by atoms with van der Waals surface area (Å²) >= 11 is 0. The summed E-state index contributed by atoms with van der Waals surface area (Å²) in [7, 11) is 0. The molecule has 72 valence electrons. The van der Waals surface area contributed by atoms with Crippen LogP contribution in [0.4, 0.5) is 0 Å². The van der Waals surface area contributed by atoms with Crippen LogP contribution in [0.25, 0.3) is 0 Å². The van der Waals surface area contributed by atoms with Gasteiger partial charge < -0.3 is 9.73 Å². The van der Waals surface area contributed by atoms with Crippen LogP contribution in [0.5, 0.6) is 0 Å². The van der Waals surface area contributed by atoms with E-state index in [2.05, 4.69) is 24.1 Å². The van der Waals surface area contributed by atoms with E-state index in [0.29, 0.717) is 5.92 Å². The Morgan fingerprint density at radius 2 is 2.08 bits per heavy atom. The Hall–Kier alpha value is -0.830. The normalized spacial score (nSPS) is 17.2. The number of hydrogen-bond acceptors (Lipinski definition) is 3. The molecule has 1 aromatic rings. The number of nitrogens with one attached hydrogen (secondary N) is 1. The van der Waals surface area contributed by atoms with Crippen LogP contribution in [0.3, 0.4) is 0 Å². The second-order valence-corrected chi connectivity index (χ2v) is 3.83. The molecule has 0 atom stereocenters. The van der Waals surface area contributed by atoms with Gasteiger partial charge in [0.05, 0.1) is 5.69 Å². The molecule has 3 heteroatoms. The van der Waals surface area contributed by atoms with Gasteiger partial charge in [0.15, 0.2) is 5.89 Å². The van der Waals surface area contributed by atoms with Crippen molar-refractivity contribution in [2.24, 2.45) is 0 Å². The van der Waals surface area contributed by atoms with Crippen LogP contribution in [0, 0.1) is 0 Å². The van der Waals surface area contributed by atoms with Gasteiger partial charge in [0.25, 0.3) is 0 Å². The number of nitrogens with zero attached hydrogens (tertiary/aromatic N) is 1. The first-order valence-corrected chi connectivity index (χ1v) is 4.96. The van der Waals surface area contributed by atoms with Gasteiger partial charge in [-0.1, -0.05) is 13.8 Å². The third-order valence-corrected chi connectivity index (χ3v) is 2.36. The van der Waals surface area contributed by atoms with Crippen molar-refractivity contribution in [3.05, 3.63) is 17.3 Å². The first-order valence-electron chi connectivity index (χ1n) is 4.96. The summed E-state index contributed by atoms with van der Waals surface area (Å²) < 4.78 is 5.70. The minimum atomic E-state index is 0.403. The second kappa shape index (κ2) is 3.50. The van der Waals surface area contributed by atoms with Crippen LogP contribution in [0.2, 0.25) is 0 Å². The summed E-state index contributed by atoms with van der Waals surface area (Å²) in [4.78, 5) is 4.50. The highest BCUT2D eigenvalue weighted by atomic mass is 16.4. The molecule has 13 heavy (non-hydrogen) atoms. The molecule has 2 heterocycles. The standard InChI is InChI=1S/C10H16N2O/c1-7(2)10-12-8-3-5-11-6-4-9(8)13-10/h7,11H,3-6H2,1-2H3. The fraction of sp³-hybridized carbons (Fsp3) is 0.700. The van der Waals surface area contributed by atoms with Crippen molar-refractivity contribution in [3.8, 4) is 0 Å². The summed E-state index contributed by atoms with van der Waals surface area (Å²) in [6, 6.07) is 0. The average Bonchev–Trinajstić information content (AvgIpc) is 2.38. The van der Waals surface area contributed by atoms with E-state index in [1.165, 1.54) is 0 Å². The van der Waals surface area contributed by atoms with Crippen molar-refractivity contribution in [2.75, 3.05) is 13.1 Å². The molecule has 0 aliphatic carbocycles. The van der Waals surface area contributed by atoms with E-state index in [-0.39, 0.29) is 0 Å². The summed E-state index contributed by atoms with van der Waals surface area (Å²) in [5.74, 6) is 2.39. The van der Waals surface area contributed by atoms with Crippen molar-refractivity contribution in [3.63, 3.8) is 0 Å². The van der Waals surface area contributed by atoms with Gasteiger partial charge in [-0.3, -0.25) is 0 Å². The molecule has 0 radical (unpaired) electrons. The largest absolute Gasteiger partial charge is 0.445 e. The zero-order valence-corrected chi connectivity index (χ0v) is 8.26. The Balaban J connectivity index is 2.27. The predicted molar refractivity (Wildman–Crippen MR) is 50.9 cm³/mol.